The molecule has 15 heavy (non-hydrogen) atoms. The van der Waals surface area contributed by atoms with Gasteiger partial charge >= 0.3 is 5.97 Å². The average molecular weight is 226 g/mol. The minimum atomic E-state index is -0.956. The Balaban J connectivity index is 3.47. The van der Waals surface area contributed by atoms with Crippen molar-refractivity contribution in [2.45, 2.75) is 31.7 Å². The van der Waals surface area contributed by atoms with Crippen LogP contribution in [-0.4, -0.2) is 27.3 Å². The highest BCUT2D eigenvalue weighted by molar-refractivity contribution is 7.98. The van der Waals surface area contributed by atoms with Crippen LogP contribution in [0.2, 0.25) is 0 Å². The van der Waals surface area contributed by atoms with E-state index in [1.165, 1.54) is 11.8 Å². The molecule has 0 atom stereocenters. The Morgan fingerprint density at radius 3 is 2.40 bits per heavy atom. The second kappa shape index (κ2) is 4.61. The maximum absolute atomic E-state index is 11.1. The summed E-state index contributed by atoms with van der Waals surface area (Å²) in [4.78, 5) is 19.4. The third-order valence-corrected chi connectivity index (χ3v) is 2.65. The molecule has 0 aliphatic carbocycles. The summed E-state index contributed by atoms with van der Waals surface area (Å²) in [7, 11) is 0. The van der Waals surface area contributed by atoms with Crippen molar-refractivity contribution < 1.29 is 9.90 Å². The van der Waals surface area contributed by atoms with Gasteiger partial charge in [-0.15, -0.1) is 11.8 Å². The van der Waals surface area contributed by atoms with Crippen molar-refractivity contribution in [1.29, 1.82) is 0 Å². The van der Waals surface area contributed by atoms with Gasteiger partial charge in [-0.05, 0) is 19.1 Å². The first-order valence-corrected chi connectivity index (χ1v) is 5.85. The van der Waals surface area contributed by atoms with Gasteiger partial charge in [0.2, 0.25) is 0 Å². The molecule has 0 amide bonds. The number of hydrogen-bond donors (Lipinski definition) is 1. The number of aromatic carboxylic acids is 1. The molecule has 0 radical (unpaired) electrons. The number of carboxylic acid groups (broad SMARTS) is 1. The van der Waals surface area contributed by atoms with E-state index in [1.807, 2.05) is 20.1 Å². The highest BCUT2D eigenvalue weighted by Crippen LogP contribution is 2.25. The summed E-state index contributed by atoms with van der Waals surface area (Å²) >= 11 is 1.34. The van der Waals surface area contributed by atoms with Gasteiger partial charge in [0.1, 0.15) is 16.4 Å². The second-order valence-corrected chi connectivity index (χ2v) is 4.30. The van der Waals surface area contributed by atoms with Gasteiger partial charge in [0.05, 0.1) is 5.69 Å². The van der Waals surface area contributed by atoms with E-state index in [4.69, 9.17) is 5.11 Å². The van der Waals surface area contributed by atoms with E-state index in [0.717, 1.165) is 0 Å². The maximum Gasteiger partial charge on any atom is 0.340 e. The molecule has 5 heteroatoms. The number of carbonyl (C=O) groups is 1. The predicted octanol–water partition coefficient (Wildman–Crippen LogP) is 2.33. The third-order valence-electron chi connectivity index (χ3n) is 1.97. The molecule has 0 aliphatic heterocycles. The molecular formula is C10H14N2O2S. The number of hydrogen-bond acceptors (Lipinski definition) is 4. The van der Waals surface area contributed by atoms with Crippen LogP contribution in [0.15, 0.2) is 5.03 Å². The van der Waals surface area contributed by atoms with Crippen LogP contribution in [0, 0.1) is 6.92 Å². The van der Waals surface area contributed by atoms with Crippen molar-refractivity contribution in [3.63, 3.8) is 0 Å². The normalized spacial score (nSPS) is 10.7. The molecule has 0 fully saturated rings. The maximum atomic E-state index is 11.1. The zero-order chi connectivity index (χ0) is 11.6. The molecule has 0 unspecified atom stereocenters. The average Bonchev–Trinajstić information content (AvgIpc) is 2.15. The summed E-state index contributed by atoms with van der Waals surface area (Å²) in [5, 5.41) is 9.66. The number of aryl methyl sites for hydroxylation is 1. The molecule has 0 spiro atoms. The van der Waals surface area contributed by atoms with Gasteiger partial charge < -0.3 is 5.11 Å². The van der Waals surface area contributed by atoms with Crippen molar-refractivity contribution in [1.82, 2.24) is 9.97 Å². The molecule has 1 aromatic rings. The van der Waals surface area contributed by atoms with E-state index < -0.39 is 5.97 Å². The van der Waals surface area contributed by atoms with Gasteiger partial charge in [-0.3, -0.25) is 0 Å². The summed E-state index contributed by atoms with van der Waals surface area (Å²) in [6.07, 6.45) is 1.82. The molecule has 0 aromatic carbocycles. The Bertz CT molecular complexity index is 391. The number of carboxylic acids is 1. The van der Waals surface area contributed by atoms with Gasteiger partial charge in [0.15, 0.2) is 0 Å². The Kier molecular flexibility index (Phi) is 3.68. The van der Waals surface area contributed by atoms with Gasteiger partial charge in [-0.1, -0.05) is 13.8 Å². The molecule has 0 saturated heterocycles. The van der Waals surface area contributed by atoms with Crippen LogP contribution >= 0.6 is 11.8 Å². The standard InChI is InChI=1S/C10H14N2O2S/c1-5(2)8-7(10(13)14)9(15-4)12-6(3)11-8/h5H,1-4H3,(H,13,14). The molecule has 0 aliphatic rings. The van der Waals surface area contributed by atoms with Gasteiger partial charge in [0, 0.05) is 0 Å². The van der Waals surface area contributed by atoms with E-state index in [1.54, 1.807) is 6.92 Å². The number of thioether (sulfide) groups is 1. The Morgan fingerprint density at radius 1 is 1.40 bits per heavy atom. The van der Waals surface area contributed by atoms with Crippen LogP contribution in [0.4, 0.5) is 0 Å². The van der Waals surface area contributed by atoms with Crippen LogP contribution in [0.1, 0.15) is 41.6 Å². The molecule has 1 aromatic heterocycles. The number of nitrogens with zero attached hydrogens (tertiary/aromatic N) is 2. The van der Waals surface area contributed by atoms with E-state index >= 15 is 0 Å². The van der Waals surface area contributed by atoms with E-state index in [-0.39, 0.29) is 11.5 Å². The third kappa shape index (κ3) is 2.47. The van der Waals surface area contributed by atoms with Crippen molar-refractivity contribution in [2.24, 2.45) is 0 Å². The fraction of sp³-hybridized carbons (Fsp3) is 0.500. The fourth-order valence-corrected chi connectivity index (χ4v) is 1.95. The predicted molar refractivity (Wildman–Crippen MR) is 59.6 cm³/mol. The molecule has 4 nitrogen and oxygen atoms in total. The van der Waals surface area contributed by atoms with Crippen LogP contribution in [0.3, 0.4) is 0 Å². The molecule has 82 valence electrons. The SMILES string of the molecule is CSc1nc(C)nc(C(C)C)c1C(=O)O. The summed E-state index contributed by atoms with van der Waals surface area (Å²) in [6, 6.07) is 0. The minimum Gasteiger partial charge on any atom is -0.478 e. The Morgan fingerprint density at radius 2 is 2.00 bits per heavy atom. The highest BCUT2D eigenvalue weighted by Gasteiger charge is 2.20. The smallest absolute Gasteiger partial charge is 0.340 e. The number of rotatable bonds is 3. The lowest BCUT2D eigenvalue weighted by atomic mass is 10.1. The van der Waals surface area contributed by atoms with Crippen LogP contribution < -0.4 is 0 Å². The monoisotopic (exact) mass is 226 g/mol. The zero-order valence-corrected chi connectivity index (χ0v) is 10.1. The first-order valence-electron chi connectivity index (χ1n) is 4.63. The van der Waals surface area contributed by atoms with Crippen molar-refractivity contribution in [2.75, 3.05) is 6.26 Å². The topological polar surface area (TPSA) is 63.1 Å². The van der Waals surface area contributed by atoms with Crippen LogP contribution in [-0.2, 0) is 0 Å². The van der Waals surface area contributed by atoms with E-state index in [9.17, 15) is 4.79 Å². The summed E-state index contributed by atoms with van der Waals surface area (Å²) in [6.45, 7) is 5.63. The first kappa shape index (κ1) is 12.0. The lowest BCUT2D eigenvalue weighted by Crippen LogP contribution is -2.11. The van der Waals surface area contributed by atoms with Crippen molar-refractivity contribution >= 4 is 17.7 Å². The largest absolute Gasteiger partial charge is 0.478 e. The highest BCUT2D eigenvalue weighted by atomic mass is 32.2. The van der Waals surface area contributed by atoms with Crippen molar-refractivity contribution in [3.8, 4) is 0 Å². The number of aromatic nitrogens is 2. The van der Waals surface area contributed by atoms with E-state index in [2.05, 4.69) is 9.97 Å². The molecule has 1 N–H and O–H groups in total. The van der Waals surface area contributed by atoms with Gasteiger partial charge in [-0.25, -0.2) is 14.8 Å². The Hall–Kier alpha value is -1.10. The summed E-state index contributed by atoms with van der Waals surface area (Å²) in [5.41, 5.74) is 0.849. The van der Waals surface area contributed by atoms with Gasteiger partial charge in [0.25, 0.3) is 0 Å². The molecule has 0 saturated carbocycles. The lowest BCUT2D eigenvalue weighted by molar-refractivity contribution is 0.0689. The zero-order valence-electron chi connectivity index (χ0n) is 9.24. The summed E-state index contributed by atoms with van der Waals surface area (Å²) < 4.78 is 0. The fourth-order valence-electron chi connectivity index (χ4n) is 1.33. The Labute approximate surface area is 93.1 Å². The molecule has 1 rings (SSSR count). The van der Waals surface area contributed by atoms with Crippen LogP contribution in [0.5, 0.6) is 0 Å². The van der Waals surface area contributed by atoms with Crippen molar-refractivity contribution in [3.05, 3.63) is 17.1 Å². The quantitative estimate of drug-likeness (QED) is 0.633. The van der Waals surface area contributed by atoms with Crippen LogP contribution in [0.25, 0.3) is 0 Å². The molecule has 1 heterocycles. The second-order valence-electron chi connectivity index (χ2n) is 3.50. The summed E-state index contributed by atoms with van der Waals surface area (Å²) in [5.74, 6) is -0.250. The molecular weight excluding hydrogens is 212 g/mol. The minimum absolute atomic E-state index is 0.0868. The molecule has 0 bridgehead atoms. The van der Waals surface area contributed by atoms with Gasteiger partial charge in [-0.2, -0.15) is 0 Å². The lowest BCUT2D eigenvalue weighted by Gasteiger charge is -2.12. The first-order chi connectivity index (χ1) is 6.97. The van der Waals surface area contributed by atoms with E-state index in [0.29, 0.717) is 16.5 Å².